The molecule has 3 heteroatoms. The minimum atomic E-state index is 0.808. The second kappa shape index (κ2) is 5.69. The zero-order valence-corrected chi connectivity index (χ0v) is 9.00. The molecule has 2 fully saturated rings. The lowest BCUT2D eigenvalue weighted by Crippen LogP contribution is -2.37. The Kier molecular flexibility index (Phi) is 4.22. The highest BCUT2D eigenvalue weighted by atomic mass is 16.5. The molecule has 2 saturated heterocycles. The predicted molar refractivity (Wildman–Crippen MR) is 57.5 cm³/mol. The topological polar surface area (TPSA) is 24.5 Å². The monoisotopic (exact) mass is 198 g/mol. The van der Waals surface area contributed by atoms with E-state index in [4.69, 9.17) is 4.74 Å². The van der Waals surface area contributed by atoms with Crippen LogP contribution in [0, 0.1) is 5.92 Å². The minimum absolute atomic E-state index is 0.808. The van der Waals surface area contributed by atoms with Crippen molar-refractivity contribution in [2.75, 3.05) is 45.9 Å². The van der Waals surface area contributed by atoms with E-state index in [0.29, 0.717) is 0 Å². The lowest BCUT2D eigenvalue weighted by molar-refractivity contribution is 0.163. The molecule has 2 aliphatic rings. The fourth-order valence-electron chi connectivity index (χ4n) is 2.37. The Morgan fingerprint density at radius 1 is 1.21 bits per heavy atom. The molecule has 2 aliphatic heterocycles. The van der Waals surface area contributed by atoms with Crippen LogP contribution < -0.4 is 5.32 Å². The smallest absolute Gasteiger partial charge is 0.0507 e. The van der Waals surface area contributed by atoms with Gasteiger partial charge in [-0.25, -0.2) is 0 Å². The molecule has 1 atom stereocenters. The first-order chi connectivity index (χ1) is 6.95. The van der Waals surface area contributed by atoms with Crippen LogP contribution in [-0.4, -0.2) is 50.8 Å². The number of hydrogen-bond acceptors (Lipinski definition) is 3. The van der Waals surface area contributed by atoms with Gasteiger partial charge >= 0.3 is 0 Å². The van der Waals surface area contributed by atoms with E-state index < -0.39 is 0 Å². The summed E-state index contributed by atoms with van der Waals surface area (Å²) < 4.78 is 5.42. The normalized spacial score (nSPS) is 31.3. The first kappa shape index (κ1) is 10.4. The Bertz CT molecular complexity index is 149. The molecule has 1 unspecified atom stereocenters. The summed E-state index contributed by atoms with van der Waals surface area (Å²) in [6.45, 7) is 8.16. The third kappa shape index (κ3) is 3.23. The van der Waals surface area contributed by atoms with E-state index in [9.17, 15) is 0 Å². The first-order valence-corrected chi connectivity index (χ1v) is 5.96. The van der Waals surface area contributed by atoms with Crippen LogP contribution in [-0.2, 0) is 4.74 Å². The maximum Gasteiger partial charge on any atom is 0.0507 e. The molecule has 0 radical (unpaired) electrons. The Balaban J connectivity index is 1.70. The van der Waals surface area contributed by atoms with Gasteiger partial charge in [-0.15, -0.1) is 0 Å². The Labute approximate surface area is 86.8 Å². The standard InChI is InChI=1S/C11H22N2O/c1-4-12-5-2-7-13(6-1)9-11-3-8-14-10-11/h11-12H,1-10H2. The first-order valence-electron chi connectivity index (χ1n) is 5.96. The van der Waals surface area contributed by atoms with Crippen LogP contribution in [0.3, 0.4) is 0 Å². The van der Waals surface area contributed by atoms with Gasteiger partial charge in [0.05, 0.1) is 6.61 Å². The van der Waals surface area contributed by atoms with Gasteiger partial charge in [0.25, 0.3) is 0 Å². The van der Waals surface area contributed by atoms with E-state index >= 15 is 0 Å². The molecule has 82 valence electrons. The van der Waals surface area contributed by atoms with E-state index in [1.54, 1.807) is 0 Å². The number of ether oxygens (including phenoxy) is 1. The Morgan fingerprint density at radius 2 is 2.00 bits per heavy atom. The van der Waals surface area contributed by atoms with Crippen LogP contribution in [0.4, 0.5) is 0 Å². The summed E-state index contributed by atoms with van der Waals surface area (Å²) in [5, 5.41) is 3.45. The van der Waals surface area contributed by atoms with Gasteiger partial charge < -0.3 is 15.0 Å². The third-order valence-electron chi connectivity index (χ3n) is 3.20. The van der Waals surface area contributed by atoms with Gasteiger partial charge in [-0.3, -0.25) is 0 Å². The largest absolute Gasteiger partial charge is 0.381 e. The van der Waals surface area contributed by atoms with Crippen molar-refractivity contribution in [2.45, 2.75) is 19.3 Å². The Morgan fingerprint density at radius 3 is 2.64 bits per heavy atom. The van der Waals surface area contributed by atoms with Gasteiger partial charge in [-0.05, 0) is 51.4 Å². The van der Waals surface area contributed by atoms with E-state index in [1.807, 2.05) is 0 Å². The van der Waals surface area contributed by atoms with E-state index in [1.165, 1.54) is 52.0 Å². The molecule has 0 bridgehead atoms. The molecule has 0 amide bonds. The zero-order chi connectivity index (χ0) is 9.64. The molecular formula is C11H22N2O. The van der Waals surface area contributed by atoms with E-state index in [-0.39, 0.29) is 0 Å². The highest BCUT2D eigenvalue weighted by Gasteiger charge is 2.19. The van der Waals surface area contributed by atoms with E-state index in [2.05, 4.69) is 10.2 Å². The quantitative estimate of drug-likeness (QED) is 0.707. The second-order valence-corrected chi connectivity index (χ2v) is 4.49. The fourth-order valence-corrected chi connectivity index (χ4v) is 2.37. The average Bonchev–Trinajstić information content (AvgIpc) is 2.62. The van der Waals surface area contributed by atoms with Crippen molar-refractivity contribution in [1.82, 2.24) is 10.2 Å². The van der Waals surface area contributed by atoms with Crippen LogP contribution >= 0.6 is 0 Å². The van der Waals surface area contributed by atoms with Crippen molar-refractivity contribution in [2.24, 2.45) is 5.92 Å². The van der Waals surface area contributed by atoms with Crippen molar-refractivity contribution in [1.29, 1.82) is 0 Å². The minimum Gasteiger partial charge on any atom is -0.381 e. The predicted octanol–water partition coefficient (Wildman–Crippen LogP) is 0.708. The van der Waals surface area contributed by atoms with Crippen LogP contribution in [0.25, 0.3) is 0 Å². The van der Waals surface area contributed by atoms with Crippen LogP contribution in [0.15, 0.2) is 0 Å². The second-order valence-electron chi connectivity index (χ2n) is 4.49. The summed E-state index contributed by atoms with van der Waals surface area (Å²) in [6, 6.07) is 0. The lowest BCUT2D eigenvalue weighted by Gasteiger charge is -2.26. The number of rotatable bonds is 2. The maximum atomic E-state index is 5.42. The van der Waals surface area contributed by atoms with Crippen molar-refractivity contribution < 1.29 is 4.74 Å². The van der Waals surface area contributed by atoms with Crippen molar-refractivity contribution >= 4 is 0 Å². The Hall–Kier alpha value is -0.120. The number of nitrogens with zero attached hydrogens (tertiary/aromatic N) is 1. The molecule has 2 rings (SSSR count). The molecule has 0 saturated carbocycles. The molecule has 0 aliphatic carbocycles. The summed E-state index contributed by atoms with van der Waals surface area (Å²) >= 11 is 0. The fraction of sp³-hybridized carbons (Fsp3) is 1.00. The summed E-state index contributed by atoms with van der Waals surface area (Å²) in [7, 11) is 0. The molecule has 0 aromatic carbocycles. The van der Waals surface area contributed by atoms with Crippen LogP contribution in [0.1, 0.15) is 19.3 Å². The SMILES string of the molecule is C1CNCCCN(CC2CCOC2)C1. The zero-order valence-electron chi connectivity index (χ0n) is 9.00. The van der Waals surface area contributed by atoms with E-state index in [0.717, 1.165) is 19.1 Å². The molecule has 1 N–H and O–H groups in total. The number of hydrogen-bond donors (Lipinski definition) is 1. The molecule has 3 nitrogen and oxygen atoms in total. The van der Waals surface area contributed by atoms with Crippen molar-refractivity contribution in [3.63, 3.8) is 0 Å². The third-order valence-corrected chi connectivity index (χ3v) is 3.20. The van der Waals surface area contributed by atoms with Gasteiger partial charge in [0.15, 0.2) is 0 Å². The van der Waals surface area contributed by atoms with Gasteiger partial charge in [-0.2, -0.15) is 0 Å². The molecular weight excluding hydrogens is 176 g/mol. The summed E-state index contributed by atoms with van der Waals surface area (Å²) in [5.41, 5.74) is 0. The van der Waals surface area contributed by atoms with Crippen LogP contribution in [0.5, 0.6) is 0 Å². The van der Waals surface area contributed by atoms with Gasteiger partial charge in [-0.1, -0.05) is 0 Å². The highest BCUT2D eigenvalue weighted by Crippen LogP contribution is 2.14. The van der Waals surface area contributed by atoms with Crippen molar-refractivity contribution in [3.05, 3.63) is 0 Å². The van der Waals surface area contributed by atoms with Crippen molar-refractivity contribution in [3.8, 4) is 0 Å². The summed E-state index contributed by atoms with van der Waals surface area (Å²) in [6.07, 6.45) is 3.87. The van der Waals surface area contributed by atoms with Gasteiger partial charge in [0, 0.05) is 13.2 Å². The molecule has 14 heavy (non-hydrogen) atoms. The lowest BCUT2D eigenvalue weighted by atomic mass is 10.1. The summed E-state index contributed by atoms with van der Waals surface area (Å²) in [5.74, 6) is 0.808. The summed E-state index contributed by atoms with van der Waals surface area (Å²) in [4.78, 5) is 2.63. The molecule has 0 spiro atoms. The highest BCUT2D eigenvalue weighted by molar-refractivity contribution is 4.71. The van der Waals surface area contributed by atoms with Gasteiger partial charge in [0.2, 0.25) is 0 Å². The molecule has 0 aromatic heterocycles. The average molecular weight is 198 g/mol. The maximum absolute atomic E-state index is 5.42. The van der Waals surface area contributed by atoms with Crippen LogP contribution in [0.2, 0.25) is 0 Å². The number of nitrogens with one attached hydrogen (secondary N) is 1. The molecule has 0 aromatic rings. The molecule has 2 heterocycles. The van der Waals surface area contributed by atoms with Gasteiger partial charge in [0.1, 0.15) is 0 Å².